The maximum atomic E-state index is 13.3. The Kier molecular flexibility index (Phi) is 6.53. The number of hydrogen-bond donors (Lipinski definition) is 0. The lowest BCUT2D eigenvalue weighted by Crippen LogP contribution is -2.38. The van der Waals surface area contributed by atoms with Gasteiger partial charge in [-0.05, 0) is 55.2 Å². The summed E-state index contributed by atoms with van der Waals surface area (Å²) in [5, 5.41) is 0. The molecule has 5 rings (SSSR count). The second-order valence-electron chi connectivity index (χ2n) is 9.19. The first kappa shape index (κ1) is 23.1. The van der Waals surface area contributed by atoms with E-state index in [-0.39, 0.29) is 11.7 Å². The van der Waals surface area contributed by atoms with Crippen LogP contribution in [0.3, 0.4) is 0 Å². The van der Waals surface area contributed by atoms with Crippen LogP contribution in [0.25, 0.3) is 0 Å². The Morgan fingerprint density at radius 2 is 1.77 bits per heavy atom. The van der Waals surface area contributed by atoms with Crippen LogP contribution < -0.4 is 14.4 Å². The van der Waals surface area contributed by atoms with E-state index in [1.54, 1.807) is 18.1 Å². The minimum absolute atomic E-state index is 0.155. The first-order chi connectivity index (χ1) is 17.0. The highest BCUT2D eigenvalue weighted by Gasteiger charge is 2.29. The van der Waals surface area contributed by atoms with E-state index in [9.17, 15) is 9.18 Å². The summed E-state index contributed by atoms with van der Waals surface area (Å²) in [6.45, 7) is 4.94. The summed E-state index contributed by atoms with van der Waals surface area (Å²) in [7, 11) is 1.61. The van der Waals surface area contributed by atoms with Crippen molar-refractivity contribution >= 4 is 11.9 Å². The monoisotopic (exact) mass is 476 g/mol. The van der Waals surface area contributed by atoms with E-state index < -0.39 is 0 Å². The smallest absolute Gasteiger partial charge is 0.254 e. The molecule has 0 bridgehead atoms. The van der Waals surface area contributed by atoms with Gasteiger partial charge in [0.1, 0.15) is 17.3 Å². The largest absolute Gasteiger partial charge is 0.497 e. The van der Waals surface area contributed by atoms with E-state index in [2.05, 4.69) is 11.8 Å². The average molecular weight is 477 g/mol. The number of halogens is 1. The molecule has 7 nitrogen and oxygen atoms in total. The second-order valence-corrected chi connectivity index (χ2v) is 9.19. The van der Waals surface area contributed by atoms with Gasteiger partial charge in [0.25, 0.3) is 5.91 Å². The number of piperidine rings is 1. The topological polar surface area (TPSA) is 67.8 Å². The molecule has 35 heavy (non-hydrogen) atoms. The Hall–Kier alpha value is -3.68. The molecule has 2 aliphatic heterocycles. The molecule has 0 atom stereocenters. The summed E-state index contributed by atoms with van der Waals surface area (Å²) >= 11 is 0. The third kappa shape index (κ3) is 5.06. The van der Waals surface area contributed by atoms with Crippen LogP contribution in [0.5, 0.6) is 17.4 Å². The molecule has 0 unspecified atom stereocenters. The standard InChI is InChI=1S/C27H29FN4O3/c1-18-10-13-31(14-11-18)27-29-24-12-15-32(26(33)19-6-8-20(28)9-7-19)17-23(24)25(30-27)35-22-5-3-4-21(16-22)34-2/h3-9,16,18H,10-15,17H2,1-2H3. The summed E-state index contributed by atoms with van der Waals surface area (Å²) in [5.41, 5.74) is 2.14. The highest BCUT2D eigenvalue weighted by Crippen LogP contribution is 2.33. The van der Waals surface area contributed by atoms with Crippen LogP contribution in [0.2, 0.25) is 0 Å². The molecule has 0 aliphatic carbocycles. The van der Waals surface area contributed by atoms with E-state index in [4.69, 9.17) is 19.4 Å². The first-order valence-electron chi connectivity index (χ1n) is 12.0. The summed E-state index contributed by atoms with van der Waals surface area (Å²) in [6, 6.07) is 13.0. The average Bonchev–Trinajstić information content (AvgIpc) is 2.89. The number of anilines is 1. The number of methoxy groups -OCH3 is 1. The minimum Gasteiger partial charge on any atom is -0.497 e. The second kappa shape index (κ2) is 9.90. The van der Waals surface area contributed by atoms with E-state index in [0.29, 0.717) is 54.3 Å². The van der Waals surface area contributed by atoms with Crippen LogP contribution in [-0.2, 0) is 13.0 Å². The Balaban J connectivity index is 1.47. The van der Waals surface area contributed by atoms with Crippen LogP contribution in [0, 0.1) is 11.7 Å². The fourth-order valence-corrected chi connectivity index (χ4v) is 4.53. The molecule has 182 valence electrons. The number of fused-ring (bicyclic) bond motifs is 1. The molecule has 1 fully saturated rings. The van der Waals surface area contributed by atoms with E-state index >= 15 is 0 Å². The Morgan fingerprint density at radius 1 is 1.03 bits per heavy atom. The molecular weight excluding hydrogens is 447 g/mol. The number of carbonyl (C=O) groups is 1. The summed E-state index contributed by atoms with van der Waals surface area (Å²) in [4.78, 5) is 26.8. The van der Waals surface area contributed by atoms with Crippen molar-refractivity contribution in [3.8, 4) is 17.4 Å². The zero-order valence-corrected chi connectivity index (χ0v) is 20.0. The van der Waals surface area contributed by atoms with Crippen LogP contribution in [0.1, 0.15) is 41.4 Å². The fraction of sp³-hybridized carbons (Fsp3) is 0.370. The normalized spacial score (nSPS) is 16.1. The molecule has 2 aliphatic rings. The minimum atomic E-state index is -0.368. The third-order valence-electron chi connectivity index (χ3n) is 6.71. The van der Waals surface area contributed by atoms with Gasteiger partial charge in [-0.15, -0.1) is 0 Å². The predicted octanol–water partition coefficient (Wildman–Crippen LogP) is 4.85. The molecule has 0 spiro atoms. The van der Waals surface area contributed by atoms with Gasteiger partial charge < -0.3 is 19.3 Å². The van der Waals surface area contributed by atoms with Crippen molar-refractivity contribution in [2.45, 2.75) is 32.7 Å². The fourth-order valence-electron chi connectivity index (χ4n) is 4.53. The molecule has 0 radical (unpaired) electrons. The molecule has 8 heteroatoms. The van der Waals surface area contributed by atoms with Gasteiger partial charge in [0.05, 0.1) is 24.9 Å². The highest BCUT2D eigenvalue weighted by molar-refractivity contribution is 5.94. The van der Waals surface area contributed by atoms with Gasteiger partial charge >= 0.3 is 0 Å². The van der Waals surface area contributed by atoms with Gasteiger partial charge in [0, 0.05) is 37.7 Å². The van der Waals surface area contributed by atoms with Crippen molar-refractivity contribution in [2.24, 2.45) is 5.92 Å². The predicted molar refractivity (Wildman–Crippen MR) is 131 cm³/mol. The van der Waals surface area contributed by atoms with Crippen molar-refractivity contribution in [3.05, 3.63) is 71.2 Å². The number of rotatable bonds is 5. The van der Waals surface area contributed by atoms with Crippen molar-refractivity contribution in [1.29, 1.82) is 0 Å². The van der Waals surface area contributed by atoms with Gasteiger partial charge in [-0.25, -0.2) is 9.37 Å². The lowest BCUT2D eigenvalue weighted by Gasteiger charge is -2.33. The number of aromatic nitrogens is 2. The van der Waals surface area contributed by atoms with Gasteiger partial charge in [0.2, 0.25) is 11.8 Å². The molecule has 1 saturated heterocycles. The lowest BCUT2D eigenvalue weighted by atomic mass is 9.99. The maximum Gasteiger partial charge on any atom is 0.254 e. The molecule has 2 aromatic carbocycles. The van der Waals surface area contributed by atoms with Gasteiger partial charge in [0.15, 0.2) is 0 Å². The van der Waals surface area contributed by atoms with Crippen molar-refractivity contribution in [2.75, 3.05) is 31.6 Å². The molecule has 1 amide bonds. The van der Waals surface area contributed by atoms with E-state index in [0.717, 1.165) is 37.2 Å². The molecule has 0 N–H and O–H groups in total. The lowest BCUT2D eigenvalue weighted by molar-refractivity contribution is 0.0732. The molecule has 1 aromatic heterocycles. The quantitative estimate of drug-likeness (QED) is 0.524. The van der Waals surface area contributed by atoms with Crippen LogP contribution in [-0.4, -0.2) is 47.5 Å². The van der Waals surface area contributed by atoms with Crippen LogP contribution in [0.15, 0.2) is 48.5 Å². The number of ether oxygens (including phenoxy) is 2. The number of nitrogens with zero attached hydrogens (tertiary/aromatic N) is 4. The maximum absolute atomic E-state index is 13.3. The number of amides is 1. The number of hydrogen-bond acceptors (Lipinski definition) is 6. The molecule has 3 heterocycles. The zero-order valence-electron chi connectivity index (χ0n) is 20.0. The van der Waals surface area contributed by atoms with E-state index in [1.165, 1.54) is 24.3 Å². The SMILES string of the molecule is COc1cccc(Oc2nc(N3CCC(C)CC3)nc3c2CN(C(=O)c2ccc(F)cc2)CC3)c1. The highest BCUT2D eigenvalue weighted by atomic mass is 19.1. The van der Waals surface area contributed by atoms with Crippen LogP contribution in [0.4, 0.5) is 10.3 Å². The van der Waals surface area contributed by atoms with Gasteiger partial charge in [-0.1, -0.05) is 13.0 Å². The van der Waals surface area contributed by atoms with Crippen molar-refractivity contribution < 1.29 is 18.7 Å². The van der Waals surface area contributed by atoms with Crippen LogP contribution >= 0.6 is 0 Å². The number of carbonyl (C=O) groups excluding carboxylic acids is 1. The van der Waals surface area contributed by atoms with Crippen molar-refractivity contribution in [3.63, 3.8) is 0 Å². The van der Waals surface area contributed by atoms with Crippen molar-refractivity contribution in [1.82, 2.24) is 14.9 Å². The molecule has 3 aromatic rings. The van der Waals surface area contributed by atoms with Gasteiger partial charge in [-0.2, -0.15) is 4.98 Å². The Labute approximate surface area is 204 Å². The van der Waals surface area contributed by atoms with E-state index in [1.807, 2.05) is 18.2 Å². The number of benzene rings is 2. The zero-order chi connectivity index (χ0) is 24.4. The summed E-state index contributed by atoms with van der Waals surface area (Å²) in [6.07, 6.45) is 2.80. The Morgan fingerprint density at radius 3 is 2.51 bits per heavy atom. The molecular formula is C27H29FN4O3. The summed E-state index contributed by atoms with van der Waals surface area (Å²) in [5.74, 6) is 2.58. The van der Waals surface area contributed by atoms with Gasteiger partial charge in [-0.3, -0.25) is 4.79 Å². The third-order valence-corrected chi connectivity index (χ3v) is 6.71. The Bertz CT molecular complexity index is 1210. The summed E-state index contributed by atoms with van der Waals surface area (Å²) < 4.78 is 25.0. The molecule has 0 saturated carbocycles. The first-order valence-corrected chi connectivity index (χ1v) is 12.0.